The summed E-state index contributed by atoms with van der Waals surface area (Å²) in [7, 11) is 1.86. The topological polar surface area (TPSA) is 72.1 Å². The fraction of sp³-hybridized carbons (Fsp3) is 0.222. The van der Waals surface area contributed by atoms with E-state index in [1.807, 2.05) is 54.4 Å². The number of fused-ring (bicyclic) bond motifs is 1. The van der Waals surface area contributed by atoms with Crippen LogP contribution in [0.25, 0.3) is 10.8 Å². The lowest BCUT2D eigenvalue weighted by atomic mass is 9.99. The zero-order chi connectivity index (χ0) is 23.4. The molecule has 0 aliphatic heterocycles. The van der Waals surface area contributed by atoms with Crippen molar-refractivity contribution in [3.8, 4) is 0 Å². The molecule has 5 nitrogen and oxygen atoms in total. The average Bonchev–Trinajstić information content (AvgIpc) is 2.83. The van der Waals surface area contributed by atoms with Crippen LogP contribution in [0.4, 0.5) is 10.2 Å². The monoisotopic (exact) mass is 442 g/mol. The van der Waals surface area contributed by atoms with Crippen molar-refractivity contribution in [3.05, 3.63) is 101 Å². The van der Waals surface area contributed by atoms with E-state index < -0.39 is 5.82 Å². The van der Waals surface area contributed by atoms with Crippen LogP contribution < -0.4 is 10.6 Å². The largest absolute Gasteiger partial charge is 0.369 e. The Balaban J connectivity index is 1.52. The first-order valence-corrected chi connectivity index (χ1v) is 11.0. The molecule has 1 unspecified atom stereocenters. The maximum absolute atomic E-state index is 15.4. The highest BCUT2D eigenvalue weighted by molar-refractivity contribution is 5.86. The highest BCUT2D eigenvalue weighted by Crippen LogP contribution is 2.31. The number of anilines is 1. The van der Waals surface area contributed by atoms with E-state index in [-0.39, 0.29) is 24.2 Å². The van der Waals surface area contributed by atoms with Crippen LogP contribution in [0.2, 0.25) is 0 Å². The first-order chi connectivity index (χ1) is 15.9. The van der Waals surface area contributed by atoms with E-state index in [1.165, 1.54) is 6.33 Å². The highest BCUT2D eigenvalue weighted by Gasteiger charge is 2.21. The molecule has 3 aromatic carbocycles. The molecule has 0 saturated carbocycles. The van der Waals surface area contributed by atoms with Crippen molar-refractivity contribution in [3.63, 3.8) is 0 Å². The lowest BCUT2D eigenvalue weighted by Gasteiger charge is -2.28. The Bertz CT molecular complexity index is 1270. The number of rotatable bonds is 8. The number of aryl methyl sites for hydroxylation is 2. The van der Waals surface area contributed by atoms with Gasteiger partial charge in [-0.15, -0.1) is 0 Å². The van der Waals surface area contributed by atoms with Gasteiger partial charge in [0.25, 0.3) is 0 Å². The molecule has 6 heteroatoms. The van der Waals surface area contributed by atoms with Gasteiger partial charge in [0.15, 0.2) is 11.6 Å². The van der Waals surface area contributed by atoms with Crippen molar-refractivity contribution in [1.82, 2.24) is 9.97 Å². The number of aromatic nitrogens is 2. The number of amides is 1. The Morgan fingerprint density at radius 1 is 0.970 bits per heavy atom. The number of benzene rings is 3. The average molecular weight is 443 g/mol. The van der Waals surface area contributed by atoms with Gasteiger partial charge in [0.2, 0.25) is 5.91 Å². The molecule has 0 radical (unpaired) electrons. The second-order valence-electron chi connectivity index (χ2n) is 8.27. The summed E-state index contributed by atoms with van der Waals surface area (Å²) in [5.41, 5.74) is 8.65. The quantitative estimate of drug-likeness (QED) is 0.426. The summed E-state index contributed by atoms with van der Waals surface area (Å²) in [4.78, 5) is 21.4. The van der Waals surface area contributed by atoms with E-state index in [1.54, 1.807) is 0 Å². The normalized spacial score (nSPS) is 12.0. The van der Waals surface area contributed by atoms with Crippen molar-refractivity contribution in [2.45, 2.75) is 32.2 Å². The first kappa shape index (κ1) is 22.4. The van der Waals surface area contributed by atoms with Crippen molar-refractivity contribution < 1.29 is 9.18 Å². The summed E-state index contributed by atoms with van der Waals surface area (Å²) in [6, 6.07) is 21.9. The van der Waals surface area contributed by atoms with Crippen LogP contribution in [-0.4, -0.2) is 22.9 Å². The Hall–Kier alpha value is -3.80. The summed E-state index contributed by atoms with van der Waals surface area (Å²) in [6.07, 6.45) is 2.72. The Morgan fingerprint density at radius 3 is 2.42 bits per heavy atom. The van der Waals surface area contributed by atoms with Crippen molar-refractivity contribution in [2.24, 2.45) is 5.73 Å². The smallest absolute Gasteiger partial charge is 0.221 e. The molecule has 168 valence electrons. The molecular weight excluding hydrogens is 415 g/mol. The predicted octanol–water partition coefficient (Wildman–Crippen LogP) is 4.78. The minimum atomic E-state index is -0.391. The molecule has 33 heavy (non-hydrogen) atoms. The number of nitrogens with zero attached hydrogens (tertiary/aromatic N) is 3. The van der Waals surface area contributed by atoms with Crippen LogP contribution in [0.5, 0.6) is 0 Å². The van der Waals surface area contributed by atoms with Crippen LogP contribution >= 0.6 is 0 Å². The van der Waals surface area contributed by atoms with Crippen molar-refractivity contribution in [2.75, 3.05) is 11.9 Å². The number of hydrogen-bond acceptors (Lipinski definition) is 4. The molecule has 4 rings (SSSR count). The van der Waals surface area contributed by atoms with Gasteiger partial charge in [-0.3, -0.25) is 4.79 Å². The SMILES string of the molecule is CC(c1cccc2ccccc12)N(C)c1ncnc(CCc2ccc(CC(N)=O)cc2)c1F. The molecular formula is C27H27FN4O. The molecule has 0 fully saturated rings. The third-order valence-electron chi connectivity index (χ3n) is 6.08. The van der Waals surface area contributed by atoms with Gasteiger partial charge in [0.1, 0.15) is 6.33 Å². The van der Waals surface area contributed by atoms with Crippen LogP contribution in [0.15, 0.2) is 73.1 Å². The molecule has 0 bridgehead atoms. The number of primary amides is 1. The summed E-state index contributed by atoms with van der Waals surface area (Å²) in [5, 5.41) is 2.30. The number of halogens is 1. The minimum Gasteiger partial charge on any atom is -0.369 e. The third-order valence-corrected chi connectivity index (χ3v) is 6.08. The number of carbonyl (C=O) groups excluding carboxylic acids is 1. The molecule has 0 aliphatic rings. The van der Waals surface area contributed by atoms with E-state index in [9.17, 15) is 4.79 Å². The molecule has 1 heterocycles. The molecule has 1 atom stereocenters. The molecule has 1 aromatic heterocycles. The Labute approximate surface area is 193 Å². The van der Waals surface area contributed by atoms with Crippen LogP contribution in [-0.2, 0) is 24.1 Å². The van der Waals surface area contributed by atoms with Gasteiger partial charge in [0, 0.05) is 7.05 Å². The van der Waals surface area contributed by atoms with Crippen LogP contribution in [0.3, 0.4) is 0 Å². The van der Waals surface area contributed by atoms with E-state index in [0.29, 0.717) is 18.5 Å². The van der Waals surface area contributed by atoms with Gasteiger partial charge in [-0.2, -0.15) is 0 Å². The highest BCUT2D eigenvalue weighted by atomic mass is 19.1. The Morgan fingerprint density at radius 2 is 1.67 bits per heavy atom. The molecule has 2 N–H and O–H groups in total. The van der Waals surface area contributed by atoms with Crippen molar-refractivity contribution >= 4 is 22.5 Å². The standard InChI is InChI=1S/C27H27FN4O/c1-18(22-9-5-7-21-6-3-4-8-23(21)22)32(2)27-26(28)24(30-17-31-27)15-14-19-10-12-20(13-11-19)16-25(29)33/h3-13,17-18H,14-16H2,1-2H3,(H2,29,33). The van der Waals surface area contributed by atoms with Gasteiger partial charge < -0.3 is 10.6 Å². The van der Waals surface area contributed by atoms with Gasteiger partial charge in [-0.05, 0) is 47.2 Å². The first-order valence-electron chi connectivity index (χ1n) is 11.0. The second-order valence-corrected chi connectivity index (χ2v) is 8.27. The fourth-order valence-corrected chi connectivity index (χ4v) is 4.11. The van der Waals surface area contributed by atoms with Crippen LogP contribution in [0, 0.1) is 5.82 Å². The zero-order valence-electron chi connectivity index (χ0n) is 18.8. The van der Waals surface area contributed by atoms with Crippen LogP contribution in [0.1, 0.15) is 35.3 Å². The summed E-state index contributed by atoms with van der Waals surface area (Å²) >= 11 is 0. The van der Waals surface area contributed by atoms with Gasteiger partial charge >= 0.3 is 0 Å². The van der Waals surface area contributed by atoms with Gasteiger partial charge in [-0.25, -0.2) is 14.4 Å². The molecule has 0 spiro atoms. The Kier molecular flexibility index (Phi) is 6.63. The number of carbonyl (C=O) groups is 1. The lowest BCUT2D eigenvalue weighted by molar-refractivity contribution is -0.117. The van der Waals surface area contributed by atoms with Gasteiger partial charge in [-0.1, -0.05) is 66.7 Å². The number of nitrogens with two attached hydrogens (primary N) is 1. The summed E-state index contributed by atoms with van der Waals surface area (Å²) in [5.74, 6) is -0.463. The maximum Gasteiger partial charge on any atom is 0.221 e. The summed E-state index contributed by atoms with van der Waals surface area (Å²) in [6.45, 7) is 2.05. The zero-order valence-corrected chi connectivity index (χ0v) is 18.8. The molecule has 1 amide bonds. The summed E-state index contributed by atoms with van der Waals surface area (Å²) < 4.78 is 15.4. The maximum atomic E-state index is 15.4. The molecule has 0 aliphatic carbocycles. The minimum absolute atomic E-state index is 0.0776. The predicted molar refractivity (Wildman–Crippen MR) is 130 cm³/mol. The van der Waals surface area contributed by atoms with Gasteiger partial charge in [0.05, 0.1) is 18.2 Å². The molecule has 0 saturated heterocycles. The van der Waals surface area contributed by atoms with E-state index in [0.717, 1.165) is 27.5 Å². The van der Waals surface area contributed by atoms with Crippen molar-refractivity contribution in [1.29, 1.82) is 0 Å². The fourth-order valence-electron chi connectivity index (χ4n) is 4.11. The molecule has 4 aromatic rings. The number of hydrogen-bond donors (Lipinski definition) is 1. The van der Waals surface area contributed by atoms with E-state index in [2.05, 4.69) is 41.2 Å². The van der Waals surface area contributed by atoms with E-state index in [4.69, 9.17) is 5.73 Å². The third kappa shape index (κ3) is 5.00. The second kappa shape index (κ2) is 9.77. The lowest BCUT2D eigenvalue weighted by Crippen LogP contribution is -2.24. The van der Waals surface area contributed by atoms with E-state index >= 15 is 4.39 Å².